The van der Waals surface area contributed by atoms with Gasteiger partial charge in [-0.15, -0.1) is 0 Å². The Morgan fingerprint density at radius 2 is 2.00 bits per heavy atom. The molecule has 5 nitrogen and oxygen atoms in total. The van der Waals surface area contributed by atoms with E-state index in [4.69, 9.17) is 16.3 Å². The summed E-state index contributed by atoms with van der Waals surface area (Å²) < 4.78 is 31.1. The van der Waals surface area contributed by atoms with Gasteiger partial charge in [0.15, 0.2) is 0 Å². The molecule has 118 valence electrons. The van der Waals surface area contributed by atoms with E-state index >= 15 is 0 Å². The normalized spacial score (nSPS) is 11.7. The molecular weight excluding hydrogens is 314 g/mol. The summed E-state index contributed by atoms with van der Waals surface area (Å²) in [6.45, 7) is 5.48. The highest BCUT2D eigenvalue weighted by Crippen LogP contribution is 2.23. The molecule has 0 N–H and O–H groups in total. The zero-order chi connectivity index (χ0) is 16.0. The Labute approximate surface area is 130 Å². The minimum Gasteiger partial charge on any atom is -0.465 e. The van der Waals surface area contributed by atoms with E-state index in [0.29, 0.717) is 11.4 Å². The van der Waals surface area contributed by atoms with Crippen molar-refractivity contribution in [3.8, 4) is 0 Å². The molecule has 0 unspecified atom stereocenters. The zero-order valence-corrected chi connectivity index (χ0v) is 14.0. The molecule has 0 aliphatic rings. The SMILES string of the molecule is CCCN(CC(=O)OCC)S(=O)(=O)c1ccc(C)c(Cl)c1. The van der Waals surface area contributed by atoms with Gasteiger partial charge < -0.3 is 4.74 Å². The van der Waals surface area contributed by atoms with Crippen molar-refractivity contribution in [1.29, 1.82) is 0 Å². The maximum atomic E-state index is 12.6. The molecular formula is C14H20ClNO4S. The zero-order valence-electron chi connectivity index (χ0n) is 12.4. The number of carbonyl (C=O) groups excluding carboxylic acids is 1. The molecule has 21 heavy (non-hydrogen) atoms. The third kappa shape index (κ3) is 4.69. The summed E-state index contributed by atoms with van der Waals surface area (Å²) in [5.41, 5.74) is 0.794. The van der Waals surface area contributed by atoms with Crippen LogP contribution in [0.3, 0.4) is 0 Å². The molecule has 0 saturated heterocycles. The highest BCUT2D eigenvalue weighted by atomic mass is 35.5. The van der Waals surface area contributed by atoms with Gasteiger partial charge in [0.25, 0.3) is 0 Å². The monoisotopic (exact) mass is 333 g/mol. The predicted octanol–water partition coefficient (Wildman–Crippen LogP) is 2.61. The average Bonchev–Trinajstić information content (AvgIpc) is 2.41. The lowest BCUT2D eigenvalue weighted by molar-refractivity contribution is -0.143. The Morgan fingerprint density at radius 1 is 1.33 bits per heavy atom. The van der Waals surface area contributed by atoms with Crippen LogP contribution in [0.5, 0.6) is 0 Å². The first-order chi connectivity index (χ1) is 9.82. The summed E-state index contributed by atoms with van der Waals surface area (Å²) in [4.78, 5) is 11.7. The number of hydrogen-bond donors (Lipinski definition) is 0. The second-order valence-corrected chi connectivity index (χ2v) is 6.90. The van der Waals surface area contributed by atoms with Crippen LogP contribution >= 0.6 is 11.6 Å². The number of esters is 1. The van der Waals surface area contributed by atoms with E-state index in [2.05, 4.69) is 0 Å². The quantitative estimate of drug-likeness (QED) is 0.719. The lowest BCUT2D eigenvalue weighted by Crippen LogP contribution is -2.37. The molecule has 0 spiro atoms. The standard InChI is InChI=1S/C14H20ClNO4S/c1-4-8-16(10-14(17)20-5-2)21(18,19)12-7-6-11(3)13(15)9-12/h6-7,9H,4-5,8,10H2,1-3H3. The maximum Gasteiger partial charge on any atom is 0.321 e. The summed E-state index contributed by atoms with van der Waals surface area (Å²) >= 11 is 5.98. The van der Waals surface area contributed by atoms with Crippen LogP contribution in [-0.2, 0) is 19.6 Å². The van der Waals surface area contributed by atoms with Crippen LogP contribution in [0, 0.1) is 6.92 Å². The van der Waals surface area contributed by atoms with E-state index in [1.807, 2.05) is 6.92 Å². The molecule has 0 radical (unpaired) electrons. The van der Waals surface area contributed by atoms with Crippen molar-refractivity contribution in [3.63, 3.8) is 0 Å². The van der Waals surface area contributed by atoms with Gasteiger partial charge in [-0.25, -0.2) is 8.42 Å². The van der Waals surface area contributed by atoms with Gasteiger partial charge in [0.2, 0.25) is 10.0 Å². The van der Waals surface area contributed by atoms with E-state index in [0.717, 1.165) is 9.87 Å². The summed E-state index contributed by atoms with van der Waals surface area (Å²) in [5, 5.41) is 0.378. The Hall–Kier alpha value is -1.11. The molecule has 7 heteroatoms. The van der Waals surface area contributed by atoms with Crippen LogP contribution in [0.1, 0.15) is 25.8 Å². The minimum atomic E-state index is -3.77. The van der Waals surface area contributed by atoms with Crippen LogP contribution in [-0.4, -0.2) is 38.4 Å². The number of carbonyl (C=O) groups is 1. The van der Waals surface area contributed by atoms with Crippen molar-refractivity contribution >= 4 is 27.6 Å². The van der Waals surface area contributed by atoms with Gasteiger partial charge in [-0.3, -0.25) is 4.79 Å². The summed E-state index contributed by atoms with van der Waals surface area (Å²) in [6, 6.07) is 4.54. The number of hydrogen-bond acceptors (Lipinski definition) is 4. The molecule has 0 bridgehead atoms. The third-order valence-corrected chi connectivity index (χ3v) is 5.11. The Balaban J connectivity index is 3.09. The van der Waals surface area contributed by atoms with Crippen molar-refractivity contribution in [2.45, 2.75) is 32.1 Å². The first-order valence-corrected chi connectivity index (χ1v) is 8.56. The number of rotatable bonds is 7. The molecule has 1 aromatic rings. The van der Waals surface area contributed by atoms with Gasteiger partial charge in [0, 0.05) is 11.6 Å². The number of benzene rings is 1. The van der Waals surface area contributed by atoms with Gasteiger partial charge in [-0.05, 0) is 38.0 Å². The van der Waals surface area contributed by atoms with Crippen LogP contribution in [0.2, 0.25) is 5.02 Å². The molecule has 0 fully saturated rings. The molecule has 0 saturated carbocycles. The van der Waals surface area contributed by atoms with E-state index in [1.54, 1.807) is 19.9 Å². The third-order valence-electron chi connectivity index (χ3n) is 2.86. The van der Waals surface area contributed by atoms with E-state index < -0.39 is 16.0 Å². The summed E-state index contributed by atoms with van der Waals surface area (Å²) in [6.07, 6.45) is 0.595. The number of halogens is 1. The molecule has 0 aliphatic carbocycles. The van der Waals surface area contributed by atoms with Crippen molar-refractivity contribution in [1.82, 2.24) is 4.31 Å². The Kier molecular flexibility index (Phi) is 6.64. The van der Waals surface area contributed by atoms with Crippen LogP contribution in [0.4, 0.5) is 0 Å². The van der Waals surface area contributed by atoms with Crippen LogP contribution in [0.15, 0.2) is 23.1 Å². The lowest BCUT2D eigenvalue weighted by Gasteiger charge is -2.21. The number of ether oxygens (including phenoxy) is 1. The smallest absolute Gasteiger partial charge is 0.321 e. The fraction of sp³-hybridized carbons (Fsp3) is 0.500. The second-order valence-electron chi connectivity index (χ2n) is 4.55. The maximum absolute atomic E-state index is 12.6. The second kappa shape index (κ2) is 7.77. The van der Waals surface area contributed by atoms with Crippen molar-refractivity contribution in [2.75, 3.05) is 19.7 Å². The average molecular weight is 334 g/mol. The molecule has 1 rings (SSSR count). The topological polar surface area (TPSA) is 63.7 Å². The molecule has 0 atom stereocenters. The van der Waals surface area contributed by atoms with Gasteiger partial charge in [0.1, 0.15) is 6.54 Å². The molecule has 1 aromatic carbocycles. The van der Waals surface area contributed by atoms with Crippen LogP contribution < -0.4 is 0 Å². The fourth-order valence-electron chi connectivity index (χ4n) is 1.77. The lowest BCUT2D eigenvalue weighted by atomic mass is 10.2. The molecule has 0 amide bonds. The first-order valence-electron chi connectivity index (χ1n) is 6.74. The van der Waals surface area contributed by atoms with Crippen molar-refractivity contribution < 1.29 is 17.9 Å². The van der Waals surface area contributed by atoms with Gasteiger partial charge >= 0.3 is 5.97 Å². The van der Waals surface area contributed by atoms with Gasteiger partial charge in [-0.2, -0.15) is 4.31 Å². The van der Waals surface area contributed by atoms with Gasteiger partial charge in [-0.1, -0.05) is 24.6 Å². The van der Waals surface area contributed by atoms with E-state index in [1.165, 1.54) is 12.1 Å². The number of aryl methyl sites for hydroxylation is 1. The molecule has 0 aromatic heterocycles. The Bertz CT molecular complexity index is 601. The number of sulfonamides is 1. The number of nitrogens with zero attached hydrogens (tertiary/aromatic N) is 1. The molecule has 0 aliphatic heterocycles. The van der Waals surface area contributed by atoms with Gasteiger partial charge in [0.05, 0.1) is 11.5 Å². The van der Waals surface area contributed by atoms with E-state index in [9.17, 15) is 13.2 Å². The van der Waals surface area contributed by atoms with E-state index in [-0.39, 0.29) is 24.6 Å². The van der Waals surface area contributed by atoms with Crippen molar-refractivity contribution in [2.24, 2.45) is 0 Å². The highest BCUT2D eigenvalue weighted by molar-refractivity contribution is 7.89. The first kappa shape index (κ1) is 17.9. The van der Waals surface area contributed by atoms with Crippen LogP contribution in [0.25, 0.3) is 0 Å². The largest absolute Gasteiger partial charge is 0.465 e. The van der Waals surface area contributed by atoms with Crippen molar-refractivity contribution in [3.05, 3.63) is 28.8 Å². The minimum absolute atomic E-state index is 0.0795. The highest BCUT2D eigenvalue weighted by Gasteiger charge is 2.26. The summed E-state index contributed by atoms with van der Waals surface area (Å²) in [7, 11) is -3.77. The Morgan fingerprint density at radius 3 is 2.52 bits per heavy atom. The summed E-state index contributed by atoms with van der Waals surface area (Å²) in [5.74, 6) is -0.562. The fourth-order valence-corrected chi connectivity index (χ4v) is 3.52. The predicted molar refractivity (Wildman–Crippen MR) is 81.9 cm³/mol. The molecule has 0 heterocycles.